The van der Waals surface area contributed by atoms with E-state index in [0.717, 1.165) is 16.7 Å². The van der Waals surface area contributed by atoms with Gasteiger partial charge in [0.2, 0.25) is 0 Å². The van der Waals surface area contributed by atoms with Crippen LogP contribution in [0.4, 0.5) is 0 Å². The fourth-order valence-electron chi connectivity index (χ4n) is 2.03. The SMILES string of the molecule is NC(c1ccccc1)c1ccccc1CCO. The van der Waals surface area contributed by atoms with E-state index < -0.39 is 0 Å². The molecule has 0 aromatic heterocycles. The number of aliphatic hydroxyl groups excluding tert-OH is 1. The Labute approximate surface area is 102 Å². The maximum absolute atomic E-state index is 9.06. The Balaban J connectivity index is 2.33. The van der Waals surface area contributed by atoms with Crippen molar-refractivity contribution >= 4 is 0 Å². The third kappa shape index (κ3) is 2.73. The summed E-state index contributed by atoms with van der Waals surface area (Å²) >= 11 is 0. The van der Waals surface area contributed by atoms with E-state index in [0.29, 0.717) is 6.42 Å². The van der Waals surface area contributed by atoms with Gasteiger partial charge in [-0.25, -0.2) is 0 Å². The van der Waals surface area contributed by atoms with Crippen molar-refractivity contribution in [3.8, 4) is 0 Å². The van der Waals surface area contributed by atoms with Crippen molar-refractivity contribution in [2.45, 2.75) is 12.5 Å². The zero-order chi connectivity index (χ0) is 12.1. The van der Waals surface area contributed by atoms with E-state index in [1.54, 1.807) is 0 Å². The van der Waals surface area contributed by atoms with E-state index in [4.69, 9.17) is 10.8 Å². The average molecular weight is 227 g/mol. The molecule has 1 atom stereocenters. The Hall–Kier alpha value is -1.64. The van der Waals surface area contributed by atoms with Crippen molar-refractivity contribution in [1.82, 2.24) is 0 Å². The van der Waals surface area contributed by atoms with E-state index in [9.17, 15) is 0 Å². The Morgan fingerprint density at radius 3 is 2.29 bits per heavy atom. The van der Waals surface area contributed by atoms with Gasteiger partial charge in [0.15, 0.2) is 0 Å². The summed E-state index contributed by atoms with van der Waals surface area (Å²) < 4.78 is 0. The van der Waals surface area contributed by atoms with E-state index in [-0.39, 0.29) is 12.6 Å². The van der Waals surface area contributed by atoms with E-state index in [1.807, 2.05) is 54.6 Å². The fraction of sp³-hybridized carbons (Fsp3) is 0.200. The van der Waals surface area contributed by atoms with Crippen molar-refractivity contribution in [2.24, 2.45) is 5.73 Å². The quantitative estimate of drug-likeness (QED) is 0.841. The largest absolute Gasteiger partial charge is 0.396 e. The second-order valence-electron chi connectivity index (χ2n) is 4.06. The number of aliphatic hydroxyl groups is 1. The summed E-state index contributed by atoms with van der Waals surface area (Å²) in [5.74, 6) is 0. The van der Waals surface area contributed by atoms with Crippen molar-refractivity contribution in [1.29, 1.82) is 0 Å². The number of hydrogen-bond acceptors (Lipinski definition) is 2. The van der Waals surface area contributed by atoms with E-state index in [1.165, 1.54) is 0 Å². The van der Waals surface area contributed by atoms with Crippen LogP contribution in [0.1, 0.15) is 22.7 Å². The van der Waals surface area contributed by atoms with Gasteiger partial charge in [0, 0.05) is 6.61 Å². The maximum Gasteiger partial charge on any atom is 0.0554 e. The van der Waals surface area contributed by atoms with Crippen LogP contribution in [0.25, 0.3) is 0 Å². The van der Waals surface area contributed by atoms with Crippen LogP contribution in [0.5, 0.6) is 0 Å². The molecule has 0 aliphatic heterocycles. The molecular formula is C15H17NO. The molecule has 0 fully saturated rings. The van der Waals surface area contributed by atoms with Crippen LogP contribution in [-0.4, -0.2) is 11.7 Å². The Morgan fingerprint density at radius 2 is 1.59 bits per heavy atom. The normalized spacial score (nSPS) is 12.4. The second-order valence-corrected chi connectivity index (χ2v) is 4.06. The predicted octanol–water partition coefficient (Wildman–Crippen LogP) is 2.27. The molecular weight excluding hydrogens is 210 g/mol. The lowest BCUT2D eigenvalue weighted by molar-refractivity contribution is 0.299. The van der Waals surface area contributed by atoms with Crippen LogP contribution in [0.2, 0.25) is 0 Å². The van der Waals surface area contributed by atoms with Crippen molar-refractivity contribution in [2.75, 3.05) is 6.61 Å². The molecule has 0 radical (unpaired) electrons. The molecule has 2 rings (SSSR count). The number of benzene rings is 2. The molecule has 0 spiro atoms. The van der Waals surface area contributed by atoms with Gasteiger partial charge in [0.05, 0.1) is 6.04 Å². The standard InChI is InChI=1S/C15H17NO/c16-15(13-7-2-1-3-8-13)14-9-5-4-6-12(14)10-11-17/h1-9,15,17H,10-11,16H2. The molecule has 0 aliphatic carbocycles. The van der Waals surface area contributed by atoms with Gasteiger partial charge >= 0.3 is 0 Å². The van der Waals surface area contributed by atoms with Gasteiger partial charge in [-0.15, -0.1) is 0 Å². The van der Waals surface area contributed by atoms with Crippen molar-refractivity contribution in [3.63, 3.8) is 0 Å². The molecule has 2 nitrogen and oxygen atoms in total. The first-order valence-electron chi connectivity index (χ1n) is 5.82. The lowest BCUT2D eigenvalue weighted by atomic mass is 9.94. The molecule has 17 heavy (non-hydrogen) atoms. The van der Waals surface area contributed by atoms with Gasteiger partial charge in [-0.2, -0.15) is 0 Å². The summed E-state index contributed by atoms with van der Waals surface area (Å²) in [4.78, 5) is 0. The van der Waals surface area contributed by atoms with Gasteiger partial charge < -0.3 is 10.8 Å². The average Bonchev–Trinajstić information content (AvgIpc) is 2.40. The van der Waals surface area contributed by atoms with Crippen molar-refractivity contribution in [3.05, 3.63) is 71.3 Å². The minimum atomic E-state index is -0.126. The van der Waals surface area contributed by atoms with Crippen LogP contribution in [0, 0.1) is 0 Å². The van der Waals surface area contributed by atoms with Crippen LogP contribution < -0.4 is 5.73 Å². The van der Waals surface area contributed by atoms with E-state index >= 15 is 0 Å². The van der Waals surface area contributed by atoms with Gasteiger partial charge in [-0.3, -0.25) is 0 Å². The Kier molecular flexibility index (Phi) is 3.91. The molecule has 2 aromatic carbocycles. The van der Waals surface area contributed by atoms with Crippen LogP contribution in [-0.2, 0) is 6.42 Å². The monoisotopic (exact) mass is 227 g/mol. The molecule has 0 heterocycles. The van der Waals surface area contributed by atoms with Gasteiger partial charge in [0.25, 0.3) is 0 Å². The minimum Gasteiger partial charge on any atom is -0.396 e. The fourth-order valence-corrected chi connectivity index (χ4v) is 2.03. The first-order valence-corrected chi connectivity index (χ1v) is 5.82. The molecule has 2 aromatic rings. The third-order valence-electron chi connectivity index (χ3n) is 2.93. The molecule has 3 N–H and O–H groups in total. The first kappa shape index (κ1) is 11.8. The first-order chi connectivity index (χ1) is 8.33. The van der Waals surface area contributed by atoms with Gasteiger partial charge in [-0.05, 0) is 23.1 Å². The molecule has 2 heteroatoms. The minimum absolute atomic E-state index is 0.126. The lowest BCUT2D eigenvalue weighted by Gasteiger charge is -2.16. The summed E-state index contributed by atoms with van der Waals surface area (Å²) in [6.45, 7) is 0.151. The molecule has 1 unspecified atom stereocenters. The number of nitrogens with two attached hydrogens (primary N) is 1. The predicted molar refractivity (Wildman–Crippen MR) is 69.7 cm³/mol. The highest BCUT2D eigenvalue weighted by atomic mass is 16.2. The van der Waals surface area contributed by atoms with Gasteiger partial charge in [-0.1, -0.05) is 54.6 Å². The molecule has 0 aliphatic rings. The topological polar surface area (TPSA) is 46.2 Å². The lowest BCUT2D eigenvalue weighted by Crippen LogP contribution is -2.14. The van der Waals surface area contributed by atoms with E-state index in [2.05, 4.69) is 0 Å². The summed E-state index contributed by atoms with van der Waals surface area (Å²) in [5, 5.41) is 9.06. The number of hydrogen-bond donors (Lipinski definition) is 2. The second kappa shape index (κ2) is 5.62. The summed E-state index contributed by atoms with van der Waals surface area (Å²) in [6, 6.07) is 17.9. The highest BCUT2D eigenvalue weighted by Gasteiger charge is 2.11. The molecule has 0 amide bonds. The summed E-state index contributed by atoms with van der Waals surface area (Å²) in [6.07, 6.45) is 0.650. The van der Waals surface area contributed by atoms with Crippen molar-refractivity contribution < 1.29 is 5.11 Å². The highest BCUT2D eigenvalue weighted by molar-refractivity contribution is 5.37. The molecule has 88 valence electrons. The van der Waals surface area contributed by atoms with Crippen LogP contribution >= 0.6 is 0 Å². The van der Waals surface area contributed by atoms with Crippen LogP contribution in [0.15, 0.2) is 54.6 Å². The highest BCUT2D eigenvalue weighted by Crippen LogP contribution is 2.22. The zero-order valence-corrected chi connectivity index (χ0v) is 9.71. The summed E-state index contributed by atoms with van der Waals surface area (Å²) in [5.41, 5.74) is 9.57. The van der Waals surface area contributed by atoms with Gasteiger partial charge in [0.1, 0.15) is 0 Å². The number of rotatable bonds is 4. The smallest absolute Gasteiger partial charge is 0.0554 e. The van der Waals surface area contributed by atoms with Crippen LogP contribution in [0.3, 0.4) is 0 Å². The zero-order valence-electron chi connectivity index (χ0n) is 9.71. The Morgan fingerprint density at radius 1 is 0.941 bits per heavy atom. The third-order valence-corrected chi connectivity index (χ3v) is 2.93. The molecule has 0 bridgehead atoms. The maximum atomic E-state index is 9.06. The molecule has 0 saturated carbocycles. The Bertz CT molecular complexity index is 467. The summed E-state index contributed by atoms with van der Waals surface area (Å²) in [7, 11) is 0. The molecule has 0 saturated heterocycles.